The second-order valence-electron chi connectivity index (χ2n) is 6.94. The molecular weight excluding hydrogens is 378 g/mol. The monoisotopic (exact) mass is 399 g/mol. The lowest BCUT2D eigenvalue weighted by Crippen LogP contribution is -2.42. The molecule has 5 heteroatoms. The molecule has 0 aromatic heterocycles. The number of carbonyl (C=O) groups excluding carboxylic acids is 2. The highest BCUT2D eigenvalue weighted by Gasteiger charge is 2.36. The zero-order chi connectivity index (χ0) is 21.3. The Kier molecular flexibility index (Phi) is 5.11. The van der Waals surface area contributed by atoms with Gasteiger partial charge in [-0.15, -0.1) is 0 Å². The molecule has 0 bridgehead atoms. The number of fused-ring (bicyclic) bond motifs is 1. The number of anilines is 1. The van der Waals surface area contributed by atoms with E-state index in [2.05, 4.69) is 0 Å². The van der Waals surface area contributed by atoms with E-state index in [1.165, 1.54) is 4.90 Å². The summed E-state index contributed by atoms with van der Waals surface area (Å²) in [6.45, 7) is 1.88. The van der Waals surface area contributed by atoms with Crippen molar-refractivity contribution in [2.24, 2.45) is 0 Å². The molecule has 150 valence electrons. The second-order valence-corrected chi connectivity index (χ2v) is 6.94. The highest BCUT2D eigenvalue weighted by molar-refractivity contribution is 6.43. The summed E-state index contributed by atoms with van der Waals surface area (Å²) in [5.74, 6) is 0.530. The Balaban J connectivity index is 1.92. The number of aryl methyl sites for hydroxylation is 1. The molecule has 0 radical (unpaired) electrons. The van der Waals surface area contributed by atoms with Gasteiger partial charge in [0.05, 0.1) is 19.9 Å². The van der Waals surface area contributed by atoms with Crippen LogP contribution in [0.3, 0.4) is 0 Å². The summed E-state index contributed by atoms with van der Waals surface area (Å²) in [4.78, 5) is 28.0. The number of hydrogen-bond acceptors (Lipinski definition) is 4. The van der Waals surface area contributed by atoms with Crippen LogP contribution in [0.4, 0.5) is 5.69 Å². The first kappa shape index (κ1) is 19.5. The zero-order valence-corrected chi connectivity index (χ0v) is 17.0. The fourth-order valence-corrected chi connectivity index (χ4v) is 3.62. The molecule has 0 saturated heterocycles. The molecule has 0 saturated carbocycles. The molecule has 0 unspecified atom stereocenters. The van der Waals surface area contributed by atoms with E-state index in [9.17, 15) is 9.59 Å². The zero-order valence-electron chi connectivity index (χ0n) is 17.0. The number of imide groups is 1. The minimum absolute atomic E-state index is 0.330. The fourth-order valence-electron chi connectivity index (χ4n) is 3.62. The molecule has 0 atom stereocenters. The van der Waals surface area contributed by atoms with E-state index >= 15 is 0 Å². The summed E-state index contributed by atoms with van der Waals surface area (Å²) in [6, 6.07) is 19.9. The van der Waals surface area contributed by atoms with Crippen LogP contribution >= 0.6 is 0 Å². The van der Waals surface area contributed by atoms with E-state index in [1.807, 2.05) is 37.3 Å². The summed E-state index contributed by atoms with van der Waals surface area (Å²) in [5.41, 5.74) is 3.66. The number of benzene rings is 3. The largest absolute Gasteiger partial charge is 0.497 e. The van der Waals surface area contributed by atoms with Crippen LogP contribution in [0.15, 0.2) is 66.7 Å². The van der Waals surface area contributed by atoms with E-state index in [0.717, 1.165) is 11.1 Å². The van der Waals surface area contributed by atoms with Crippen molar-refractivity contribution in [2.75, 3.05) is 19.1 Å². The molecule has 1 aliphatic heterocycles. The number of para-hydroxylation sites is 1. The Morgan fingerprint density at radius 2 is 1.50 bits per heavy atom. The lowest BCUT2D eigenvalue weighted by molar-refractivity contribution is -0.112. The van der Waals surface area contributed by atoms with Crippen molar-refractivity contribution in [1.82, 2.24) is 0 Å². The number of amides is 2. The van der Waals surface area contributed by atoms with Crippen LogP contribution in [-0.2, 0) is 4.79 Å². The van der Waals surface area contributed by atoms with Gasteiger partial charge in [0.25, 0.3) is 11.8 Å². The van der Waals surface area contributed by atoms with Gasteiger partial charge in [0.1, 0.15) is 11.5 Å². The van der Waals surface area contributed by atoms with E-state index in [1.54, 1.807) is 56.7 Å². The van der Waals surface area contributed by atoms with Crippen LogP contribution < -0.4 is 14.4 Å². The van der Waals surface area contributed by atoms with Crippen molar-refractivity contribution in [3.8, 4) is 11.5 Å². The Morgan fingerprint density at radius 3 is 2.20 bits per heavy atom. The summed E-state index contributed by atoms with van der Waals surface area (Å²) in [6.07, 6.45) is 1.76. The van der Waals surface area contributed by atoms with Crippen LogP contribution in [0.5, 0.6) is 11.5 Å². The Morgan fingerprint density at radius 1 is 0.800 bits per heavy atom. The van der Waals surface area contributed by atoms with E-state index in [4.69, 9.17) is 9.47 Å². The highest BCUT2D eigenvalue weighted by Crippen LogP contribution is 2.36. The standard InChI is InChI=1S/C25H21NO4/c1-16-8-4-7-11-22(16)26-24(27)20-10-6-5-9-19(20)21(25(26)28)14-17-12-13-18(29-2)15-23(17)30-3/h4-15H,1-3H3. The molecule has 3 aromatic rings. The number of hydrogen-bond donors (Lipinski definition) is 0. The van der Waals surface area contributed by atoms with Gasteiger partial charge in [0, 0.05) is 22.8 Å². The van der Waals surface area contributed by atoms with Crippen molar-refractivity contribution >= 4 is 29.2 Å². The van der Waals surface area contributed by atoms with Crippen LogP contribution in [-0.4, -0.2) is 26.0 Å². The number of ether oxygens (including phenoxy) is 2. The smallest absolute Gasteiger partial charge is 0.265 e. The van der Waals surface area contributed by atoms with Gasteiger partial charge in [0.15, 0.2) is 0 Å². The molecule has 0 aliphatic carbocycles. The molecule has 1 aliphatic rings. The first-order chi connectivity index (χ1) is 14.5. The molecule has 3 aromatic carbocycles. The molecule has 1 heterocycles. The predicted octanol–water partition coefficient (Wildman–Crippen LogP) is 4.74. The third kappa shape index (κ3) is 3.24. The molecule has 0 N–H and O–H groups in total. The highest BCUT2D eigenvalue weighted by atomic mass is 16.5. The van der Waals surface area contributed by atoms with Crippen molar-refractivity contribution in [3.05, 3.63) is 89.0 Å². The van der Waals surface area contributed by atoms with Gasteiger partial charge in [-0.1, -0.05) is 36.4 Å². The van der Waals surface area contributed by atoms with Gasteiger partial charge in [-0.3, -0.25) is 9.59 Å². The van der Waals surface area contributed by atoms with Gasteiger partial charge < -0.3 is 9.47 Å². The summed E-state index contributed by atoms with van der Waals surface area (Å²) < 4.78 is 10.7. The molecule has 2 amide bonds. The normalized spacial score (nSPS) is 14.6. The van der Waals surface area contributed by atoms with Gasteiger partial charge in [-0.2, -0.15) is 0 Å². The minimum Gasteiger partial charge on any atom is -0.497 e. The van der Waals surface area contributed by atoms with Gasteiger partial charge in [-0.05, 0) is 48.4 Å². The van der Waals surface area contributed by atoms with Gasteiger partial charge >= 0.3 is 0 Å². The molecular formula is C25H21NO4. The van der Waals surface area contributed by atoms with Crippen LogP contribution in [0, 0.1) is 6.92 Å². The SMILES string of the molecule is COc1ccc(C=C2C(=O)N(c3ccccc3C)C(=O)c3ccccc32)c(OC)c1. The van der Waals surface area contributed by atoms with Crippen LogP contribution in [0.1, 0.15) is 27.0 Å². The van der Waals surface area contributed by atoms with Crippen molar-refractivity contribution in [3.63, 3.8) is 0 Å². The predicted molar refractivity (Wildman–Crippen MR) is 117 cm³/mol. The summed E-state index contributed by atoms with van der Waals surface area (Å²) >= 11 is 0. The van der Waals surface area contributed by atoms with Crippen LogP contribution in [0.2, 0.25) is 0 Å². The van der Waals surface area contributed by atoms with Crippen LogP contribution in [0.25, 0.3) is 11.6 Å². The maximum atomic E-state index is 13.5. The topological polar surface area (TPSA) is 55.8 Å². The molecule has 0 spiro atoms. The van der Waals surface area contributed by atoms with Crippen molar-refractivity contribution < 1.29 is 19.1 Å². The lowest BCUT2D eigenvalue weighted by atomic mass is 9.91. The molecule has 0 fully saturated rings. The van der Waals surface area contributed by atoms with Gasteiger partial charge in [0.2, 0.25) is 0 Å². The number of nitrogens with zero attached hydrogens (tertiary/aromatic N) is 1. The third-order valence-electron chi connectivity index (χ3n) is 5.18. The number of rotatable bonds is 4. The number of carbonyl (C=O) groups is 2. The Hall–Kier alpha value is -3.86. The summed E-state index contributed by atoms with van der Waals surface area (Å²) in [7, 11) is 3.15. The van der Waals surface area contributed by atoms with E-state index in [-0.39, 0.29) is 11.8 Å². The Labute approximate surface area is 175 Å². The molecule has 30 heavy (non-hydrogen) atoms. The number of methoxy groups -OCH3 is 2. The lowest BCUT2D eigenvalue weighted by Gasteiger charge is -2.29. The minimum atomic E-state index is -0.370. The van der Waals surface area contributed by atoms with Crippen molar-refractivity contribution in [2.45, 2.75) is 6.92 Å². The van der Waals surface area contributed by atoms with E-state index in [0.29, 0.717) is 33.9 Å². The fraction of sp³-hybridized carbons (Fsp3) is 0.120. The average Bonchev–Trinajstić information content (AvgIpc) is 2.78. The third-order valence-corrected chi connectivity index (χ3v) is 5.18. The van der Waals surface area contributed by atoms with E-state index < -0.39 is 0 Å². The average molecular weight is 399 g/mol. The first-order valence-electron chi connectivity index (χ1n) is 9.52. The quantitative estimate of drug-likeness (QED) is 0.470. The molecule has 5 nitrogen and oxygen atoms in total. The maximum Gasteiger partial charge on any atom is 0.265 e. The van der Waals surface area contributed by atoms with Gasteiger partial charge in [-0.25, -0.2) is 4.90 Å². The Bertz CT molecular complexity index is 1180. The molecule has 4 rings (SSSR count). The second kappa shape index (κ2) is 7.87. The summed E-state index contributed by atoms with van der Waals surface area (Å²) in [5, 5.41) is 0. The first-order valence-corrected chi connectivity index (χ1v) is 9.52. The van der Waals surface area contributed by atoms with Crippen molar-refractivity contribution in [1.29, 1.82) is 0 Å². The maximum absolute atomic E-state index is 13.5.